The zero-order chi connectivity index (χ0) is 13.5. The molecule has 1 N–H and O–H groups in total. The first-order chi connectivity index (χ1) is 8.58. The second-order valence-corrected chi connectivity index (χ2v) is 5.50. The standard InChI is InChI=1S/C14H29N3O/c1-5-7-12(6-2)15-13-8-10-17(11-9-13)14(18)16(3)4/h12-13,15H,5-11H2,1-4H3. The normalized spacial score (nSPS) is 18.8. The highest BCUT2D eigenvalue weighted by Crippen LogP contribution is 2.14. The van der Waals surface area contributed by atoms with Gasteiger partial charge in [0.1, 0.15) is 0 Å². The molecule has 1 fully saturated rings. The Morgan fingerprint density at radius 1 is 1.33 bits per heavy atom. The molecule has 0 aromatic carbocycles. The number of amides is 2. The molecule has 106 valence electrons. The third kappa shape index (κ3) is 4.48. The molecular formula is C14H29N3O. The summed E-state index contributed by atoms with van der Waals surface area (Å²) in [5, 5.41) is 3.74. The van der Waals surface area contributed by atoms with E-state index in [2.05, 4.69) is 19.2 Å². The molecule has 0 radical (unpaired) electrons. The molecule has 1 aliphatic rings. The van der Waals surface area contributed by atoms with Crippen LogP contribution in [0.2, 0.25) is 0 Å². The molecule has 0 aromatic rings. The Kier molecular flexibility index (Phi) is 6.47. The summed E-state index contributed by atoms with van der Waals surface area (Å²) >= 11 is 0. The van der Waals surface area contributed by atoms with E-state index in [1.807, 2.05) is 19.0 Å². The molecule has 1 unspecified atom stereocenters. The smallest absolute Gasteiger partial charge is 0.319 e. The fraction of sp³-hybridized carbons (Fsp3) is 0.929. The van der Waals surface area contributed by atoms with Gasteiger partial charge in [-0.15, -0.1) is 0 Å². The maximum Gasteiger partial charge on any atom is 0.319 e. The van der Waals surface area contributed by atoms with Gasteiger partial charge < -0.3 is 15.1 Å². The fourth-order valence-corrected chi connectivity index (χ4v) is 2.61. The van der Waals surface area contributed by atoms with Crippen molar-refractivity contribution < 1.29 is 4.79 Å². The van der Waals surface area contributed by atoms with Gasteiger partial charge in [0.25, 0.3) is 0 Å². The summed E-state index contributed by atoms with van der Waals surface area (Å²) in [6.45, 7) is 6.26. The minimum absolute atomic E-state index is 0.147. The highest BCUT2D eigenvalue weighted by Gasteiger charge is 2.24. The van der Waals surface area contributed by atoms with Crippen LogP contribution in [0.25, 0.3) is 0 Å². The highest BCUT2D eigenvalue weighted by molar-refractivity contribution is 5.73. The Bertz CT molecular complexity index is 247. The lowest BCUT2D eigenvalue weighted by Gasteiger charge is -2.35. The average molecular weight is 255 g/mol. The van der Waals surface area contributed by atoms with Crippen LogP contribution in [0.1, 0.15) is 46.0 Å². The van der Waals surface area contributed by atoms with Gasteiger partial charge in [0.2, 0.25) is 0 Å². The van der Waals surface area contributed by atoms with Crippen molar-refractivity contribution in [2.45, 2.75) is 58.0 Å². The lowest BCUT2D eigenvalue weighted by atomic mass is 10.0. The first-order valence-corrected chi connectivity index (χ1v) is 7.30. The lowest BCUT2D eigenvalue weighted by molar-refractivity contribution is 0.150. The number of nitrogens with zero attached hydrogens (tertiary/aromatic N) is 2. The Hall–Kier alpha value is -0.770. The van der Waals surface area contributed by atoms with E-state index in [1.54, 1.807) is 4.90 Å². The van der Waals surface area contributed by atoms with E-state index in [1.165, 1.54) is 19.3 Å². The van der Waals surface area contributed by atoms with Crippen molar-refractivity contribution in [3.05, 3.63) is 0 Å². The van der Waals surface area contributed by atoms with Crippen LogP contribution in [-0.4, -0.2) is 55.1 Å². The summed E-state index contributed by atoms with van der Waals surface area (Å²) in [7, 11) is 3.64. The zero-order valence-electron chi connectivity index (χ0n) is 12.4. The summed E-state index contributed by atoms with van der Waals surface area (Å²) in [5.74, 6) is 0. The molecule has 1 heterocycles. The molecule has 4 heteroatoms. The summed E-state index contributed by atoms with van der Waals surface area (Å²) in [5.41, 5.74) is 0. The number of urea groups is 1. The Labute approximate surface area is 112 Å². The van der Waals surface area contributed by atoms with Gasteiger partial charge in [0.15, 0.2) is 0 Å². The van der Waals surface area contributed by atoms with Gasteiger partial charge in [0.05, 0.1) is 0 Å². The molecule has 1 atom stereocenters. The second-order valence-electron chi connectivity index (χ2n) is 5.50. The van der Waals surface area contributed by atoms with Crippen molar-refractivity contribution in [3.8, 4) is 0 Å². The fourth-order valence-electron chi connectivity index (χ4n) is 2.61. The van der Waals surface area contributed by atoms with Gasteiger partial charge >= 0.3 is 6.03 Å². The predicted octanol–water partition coefficient (Wildman–Crippen LogP) is 2.30. The van der Waals surface area contributed by atoms with Crippen molar-refractivity contribution in [1.29, 1.82) is 0 Å². The van der Waals surface area contributed by atoms with Crippen molar-refractivity contribution in [2.24, 2.45) is 0 Å². The van der Waals surface area contributed by atoms with E-state index in [9.17, 15) is 4.79 Å². The van der Waals surface area contributed by atoms with Crippen molar-refractivity contribution >= 4 is 6.03 Å². The predicted molar refractivity (Wildman–Crippen MR) is 75.8 cm³/mol. The molecule has 18 heavy (non-hydrogen) atoms. The molecule has 1 aliphatic heterocycles. The second kappa shape index (κ2) is 7.62. The molecule has 4 nitrogen and oxygen atoms in total. The summed E-state index contributed by atoms with van der Waals surface area (Å²) in [4.78, 5) is 15.4. The van der Waals surface area contributed by atoms with Crippen LogP contribution in [0, 0.1) is 0 Å². The number of carbonyl (C=O) groups excluding carboxylic acids is 1. The van der Waals surface area contributed by atoms with E-state index in [4.69, 9.17) is 0 Å². The van der Waals surface area contributed by atoms with E-state index in [0.717, 1.165) is 25.9 Å². The molecule has 0 bridgehead atoms. The van der Waals surface area contributed by atoms with Crippen molar-refractivity contribution in [3.63, 3.8) is 0 Å². The summed E-state index contributed by atoms with van der Waals surface area (Å²) in [6, 6.07) is 1.39. The van der Waals surface area contributed by atoms with Crippen LogP contribution in [-0.2, 0) is 0 Å². The number of hydrogen-bond donors (Lipinski definition) is 1. The number of hydrogen-bond acceptors (Lipinski definition) is 2. The zero-order valence-corrected chi connectivity index (χ0v) is 12.4. The molecule has 1 rings (SSSR count). The molecule has 0 spiro atoms. The third-order valence-corrected chi connectivity index (χ3v) is 3.75. The van der Waals surface area contributed by atoms with Crippen LogP contribution < -0.4 is 5.32 Å². The Balaban J connectivity index is 2.32. The lowest BCUT2D eigenvalue weighted by Crippen LogP contribution is -2.49. The molecule has 0 aliphatic carbocycles. The molecule has 1 saturated heterocycles. The van der Waals surface area contributed by atoms with Gasteiger partial charge in [-0.2, -0.15) is 0 Å². The van der Waals surface area contributed by atoms with Gasteiger partial charge in [-0.3, -0.25) is 0 Å². The minimum Gasteiger partial charge on any atom is -0.331 e. The number of likely N-dealkylation sites (tertiary alicyclic amines) is 1. The Morgan fingerprint density at radius 2 is 1.94 bits per heavy atom. The van der Waals surface area contributed by atoms with E-state index >= 15 is 0 Å². The Morgan fingerprint density at radius 3 is 2.39 bits per heavy atom. The number of nitrogens with one attached hydrogen (secondary N) is 1. The molecular weight excluding hydrogens is 226 g/mol. The monoisotopic (exact) mass is 255 g/mol. The number of carbonyl (C=O) groups is 1. The van der Waals surface area contributed by atoms with Crippen LogP contribution in [0.3, 0.4) is 0 Å². The first-order valence-electron chi connectivity index (χ1n) is 7.30. The van der Waals surface area contributed by atoms with Crippen LogP contribution >= 0.6 is 0 Å². The van der Waals surface area contributed by atoms with E-state index < -0.39 is 0 Å². The molecule has 0 saturated carbocycles. The number of rotatable bonds is 5. The number of piperidine rings is 1. The van der Waals surface area contributed by atoms with E-state index in [0.29, 0.717) is 12.1 Å². The van der Waals surface area contributed by atoms with Crippen molar-refractivity contribution in [2.75, 3.05) is 27.2 Å². The largest absolute Gasteiger partial charge is 0.331 e. The van der Waals surface area contributed by atoms with E-state index in [-0.39, 0.29) is 6.03 Å². The molecule has 0 aromatic heterocycles. The van der Waals surface area contributed by atoms with Crippen molar-refractivity contribution in [1.82, 2.24) is 15.1 Å². The summed E-state index contributed by atoms with van der Waals surface area (Å²) < 4.78 is 0. The van der Waals surface area contributed by atoms with Gasteiger partial charge in [-0.1, -0.05) is 20.3 Å². The maximum absolute atomic E-state index is 11.8. The average Bonchev–Trinajstić information content (AvgIpc) is 2.38. The minimum atomic E-state index is 0.147. The summed E-state index contributed by atoms with van der Waals surface area (Å²) in [6.07, 6.45) is 5.86. The third-order valence-electron chi connectivity index (χ3n) is 3.75. The highest BCUT2D eigenvalue weighted by atomic mass is 16.2. The molecule has 2 amide bonds. The van der Waals surface area contributed by atoms with Crippen LogP contribution in [0.5, 0.6) is 0 Å². The topological polar surface area (TPSA) is 35.6 Å². The SMILES string of the molecule is CCCC(CC)NC1CCN(C(=O)N(C)C)CC1. The quantitative estimate of drug-likeness (QED) is 0.818. The first kappa shape index (κ1) is 15.3. The van der Waals surface area contributed by atoms with Crippen LogP contribution in [0.4, 0.5) is 4.79 Å². The van der Waals surface area contributed by atoms with Crippen LogP contribution in [0.15, 0.2) is 0 Å². The van der Waals surface area contributed by atoms with Gasteiger partial charge in [-0.25, -0.2) is 4.79 Å². The van der Waals surface area contributed by atoms with Gasteiger partial charge in [-0.05, 0) is 25.7 Å². The van der Waals surface area contributed by atoms with Gasteiger partial charge in [0, 0.05) is 39.3 Å². The maximum atomic E-state index is 11.8.